The van der Waals surface area contributed by atoms with Crippen LogP contribution in [0.15, 0.2) is 47.3 Å². The molecule has 0 atom stereocenters. The van der Waals surface area contributed by atoms with Crippen molar-refractivity contribution in [2.75, 3.05) is 73.5 Å². The summed E-state index contributed by atoms with van der Waals surface area (Å²) in [5, 5.41) is 6.63. The van der Waals surface area contributed by atoms with E-state index >= 15 is 0 Å². The zero-order valence-corrected chi connectivity index (χ0v) is 28.5. The SMILES string of the molecule is CCc1cc(Nc2ncc(Br)c(Nc3ccc4nccnc4c3N(C)S(C)(=O)=O)n2)c(OC)cc1N1CCC2(CC1)CN(C)C2. The molecule has 0 bridgehead atoms. The van der Waals surface area contributed by atoms with Crippen LogP contribution in [0.5, 0.6) is 5.75 Å². The molecule has 0 saturated carbocycles. The van der Waals surface area contributed by atoms with Crippen molar-refractivity contribution in [2.45, 2.75) is 26.2 Å². The number of likely N-dealkylation sites (tertiary alicyclic amines) is 1. The lowest BCUT2D eigenvalue weighted by molar-refractivity contribution is 0.00129. The predicted molar refractivity (Wildman–Crippen MR) is 183 cm³/mol. The number of nitrogens with zero attached hydrogens (tertiary/aromatic N) is 7. The molecule has 0 amide bonds. The smallest absolute Gasteiger partial charge is 0.232 e. The van der Waals surface area contributed by atoms with Crippen LogP contribution in [0.4, 0.5) is 34.5 Å². The van der Waals surface area contributed by atoms with Gasteiger partial charge in [0.2, 0.25) is 16.0 Å². The monoisotopic (exact) mass is 695 g/mol. The summed E-state index contributed by atoms with van der Waals surface area (Å²) in [5.41, 5.74) is 5.55. The lowest BCUT2D eigenvalue weighted by Crippen LogP contribution is -2.58. The molecule has 14 heteroatoms. The van der Waals surface area contributed by atoms with Crippen LogP contribution in [0.3, 0.4) is 0 Å². The molecule has 2 N–H and O–H groups in total. The zero-order valence-electron chi connectivity index (χ0n) is 26.1. The second-order valence-corrected chi connectivity index (χ2v) is 14.8. The first-order valence-corrected chi connectivity index (χ1v) is 17.5. The molecule has 2 aliphatic rings. The van der Waals surface area contributed by atoms with E-state index in [0.717, 1.165) is 31.5 Å². The van der Waals surface area contributed by atoms with Crippen molar-refractivity contribution in [1.29, 1.82) is 0 Å². The van der Waals surface area contributed by atoms with Gasteiger partial charge in [-0.25, -0.2) is 13.4 Å². The molecule has 1 spiro atoms. The predicted octanol–water partition coefficient (Wildman–Crippen LogP) is 5.17. The van der Waals surface area contributed by atoms with E-state index in [4.69, 9.17) is 9.72 Å². The number of anilines is 6. The van der Waals surface area contributed by atoms with Crippen LogP contribution in [0.2, 0.25) is 0 Å². The molecular weight excluding hydrogens is 658 g/mol. The van der Waals surface area contributed by atoms with Gasteiger partial charge < -0.3 is 25.2 Å². The minimum absolute atomic E-state index is 0.349. The number of methoxy groups -OCH3 is 1. The molecule has 2 aromatic heterocycles. The van der Waals surface area contributed by atoms with E-state index in [1.165, 1.54) is 54.7 Å². The number of benzene rings is 2. The van der Waals surface area contributed by atoms with Gasteiger partial charge in [0.15, 0.2) is 0 Å². The quantitative estimate of drug-likeness (QED) is 0.241. The van der Waals surface area contributed by atoms with E-state index in [0.29, 0.717) is 49.8 Å². The van der Waals surface area contributed by atoms with Gasteiger partial charge >= 0.3 is 0 Å². The fourth-order valence-electron chi connectivity index (χ4n) is 6.47. The van der Waals surface area contributed by atoms with Crippen LogP contribution in [0.25, 0.3) is 11.0 Å². The number of fused-ring (bicyclic) bond motifs is 1. The largest absolute Gasteiger partial charge is 0.494 e. The highest BCUT2D eigenvalue weighted by Crippen LogP contribution is 2.43. The van der Waals surface area contributed by atoms with Crippen LogP contribution >= 0.6 is 15.9 Å². The molecule has 0 radical (unpaired) electrons. The van der Waals surface area contributed by atoms with Gasteiger partial charge in [-0.2, -0.15) is 4.98 Å². The number of ether oxygens (including phenoxy) is 1. The summed E-state index contributed by atoms with van der Waals surface area (Å²) in [6.45, 7) is 6.64. The van der Waals surface area contributed by atoms with Crippen molar-refractivity contribution in [3.05, 3.63) is 52.9 Å². The van der Waals surface area contributed by atoms with E-state index in [9.17, 15) is 8.42 Å². The van der Waals surface area contributed by atoms with Gasteiger partial charge in [0.05, 0.1) is 34.7 Å². The number of piperidine rings is 1. The Bertz CT molecular complexity index is 1840. The highest BCUT2D eigenvalue weighted by Gasteiger charge is 2.43. The van der Waals surface area contributed by atoms with Gasteiger partial charge in [0.25, 0.3) is 0 Å². The number of sulfonamides is 1. The zero-order chi connectivity index (χ0) is 31.9. The van der Waals surface area contributed by atoms with Gasteiger partial charge in [-0.3, -0.25) is 14.3 Å². The number of rotatable bonds is 9. The lowest BCUT2D eigenvalue weighted by atomic mass is 9.72. The van der Waals surface area contributed by atoms with Crippen LogP contribution < -0.4 is 24.6 Å². The fraction of sp³-hybridized carbons (Fsp3) is 0.419. The Morgan fingerprint density at radius 3 is 2.47 bits per heavy atom. The Hall–Kier alpha value is -3.75. The summed E-state index contributed by atoms with van der Waals surface area (Å²) >= 11 is 3.54. The standard InChI is InChI=1S/C31H38BrN9O3S/c1-6-20-15-24(26(44-4)16-25(20)41-13-9-31(10-14-41)18-39(2)19-31)37-30-35-17-21(32)29(38-30)36-23-8-7-22-27(34-12-11-33-22)28(23)40(3)45(5,42)43/h7-8,11-12,15-17H,6,9-10,13-14,18-19H2,1-5H3,(H2,35,36,37,38). The third kappa shape index (κ3) is 6.23. The molecule has 45 heavy (non-hydrogen) atoms. The first kappa shape index (κ1) is 31.2. The third-order valence-corrected chi connectivity index (χ3v) is 10.6. The van der Waals surface area contributed by atoms with Gasteiger partial charge in [0, 0.05) is 63.6 Å². The number of aromatic nitrogens is 4. The van der Waals surface area contributed by atoms with E-state index in [2.05, 4.69) is 77.4 Å². The Kier molecular flexibility index (Phi) is 8.48. The van der Waals surface area contributed by atoms with Crippen LogP contribution in [-0.4, -0.2) is 86.9 Å². The Labute approximate surface area is 272 Å². The maximum atomic E-state index is 12.6. The lowest BCUT2D eigenvalue weighted by Gasteiger charge is -2.53. The topological polar surface area (TPSA) is 129 Å². The van der Waals surface area contributed by atoms with Gasteiger partial charge in [-0.15, -0.1) is 0 Å². The normalized spacial score (nSPS) is 16.4. The van der Waals surface area contributed by atoms with E-state index in [1.54, 1.807) is 31.6 Å². The van der Waals surface area contributed by atoms with Crippen molar-refractivity contribution >= 4 is 71.5 Å². The summed E-state index contributed by atoms with van der Waals surface area (Å²) in [6.07, 6.45) is 9.17. The highest BCUT2D eigenvalue weighted by molar-refractivity contribution is 9.10. The first-order chi connectivity index (χ1) is 21.5. The number of hydrogen-bond donors (Lipinski definition) is 2. The second-order valence-electron chi connectivity index (χ2n) is 12.0. The van der Waals surface area contributed by atoms with Crippen molar-refractivity contribution in [3.63, 3.8) is 0 Å². The van der Waals surface area contributed by atoms with Crippen LogP contribution in [-0.2, 0) is 16.4 Å². The van der Waals surface area contributed by atoms with Crippen molar-refractivity contribution in [1.82, 2.24) is 24.8 Å². The molecule has 12 nitrogen and oxygen atoms in total. The van der Waals surface area contributed by atoms with E-state index < -0.39 is 10.0 Å². The summed E-state index contributed by atoms with van der Waals surface area (Å²) in [7, 11) is 1.75. The van der Waals surface area contributed by atoms with Crippen molar-refractivity contribution < 1.29 is 13.2 Å². The van der Waals surface area contributed by atoms with E-state index in [1.807, 2.05) is 0 Å². The molecule has 2 fully saturated rings. The maximum Gasteiger partial charge on any atom is 0.232 e. The Balaban J connectivity index is 1.29. The van der Waals surface area contributed by atoms with Crippen LogP contribution in [0.1, 0.15) is 25.3 Å². The number of halogens is 1. The molecule has 4 aromatic rings. The van der Waals surface area contributed by atoms with Crippen LogP contribution in [0, 0.1) is 5.41 Å². The van der Waals surface area contributed by atoms with Gasteiger partial charge in [0.1, 0.15) is 22.8 Å². The number of hydrogen-bond acceptors (Lipinski definition) is 11. The minimum Gasteiger partial charge on any atom is -0.494 e. The number of nitrogens with one attached hydrogen (secondary N) is 2. The molecule has 2 aromatic carbocycles. The minimum atomic E-state index is -3.60. The maximum absolute atomic E-state index is 12.6. The first-order valence-electron chi connectivity index (χ1n) is 14.9. The highest BCUT2D eigenvalue weighted by atomic mass is 79.9. The second kappa shape index (κ2) is 12.2. The number of aryl methyl sites for hydroxylation is 1. The van der Waals surface area contributed by atoms with Gasteiger partial charge in [-0.05, 0) is 71.4 Å². The fourth-order valence-corrected chi connectivity index (χ4v) is 7.27. The molecule has 4 heterocycles. The Morgan fingerprint density at radius 1 is 1.07 bits per heavy atom. The van der Waals surface area contributed by atoms with E-state index in [-0.39, 0.29) is 0 Å². The summed E-state index contributed by atoms with van der Waals surface area (Å²) < 4.78 is 32.8. The molecule has 6 rings (SSSR count). The summed E-state index contributed by atoms with van der Waals surface area (Å²) in [6, 6.07) is 7.78. The molecule has 2 saturated heterocycles. The molecular formula is C31H38BrN9O3S. The molecule has 238 valence electrons. The average molecular weight is 697 g/mol. The molecule has 2 aliphatic heterocycles. The summed E-state index contributed by atoms with van der Waals surface area (Å²) in [5.74, 6) is 1.49. The summed E-state index contributed by atoms with van der Waals surface area (Å²) in [4.78, 5) is 22.9. The molecule has 0 aliphatic carbocycles. The van der Waals surface area contributed by atoms with Gasteiger partial charge in [-0.1, -0.05) is 6.92 Å². The molecule has 0 unspecified atom stereocenters. The Morgan fingerprint density at radius 2 is 1.80 bits per heavy atom. The van der Waals surface area contributed by atoms with Crippen molar-refractivity contribution in [2.24, 2.45) is 5.41 Å². The third-order valence-electron chi connectivity index (χ3n) is 8.83. The average Bonchev–Trinajstić information content (AvgIpc) is 3.01. The van der Waals surface area contributed by atoms with Crippen molar-refractivity contribution in [3.8, 4) is 5.75 Å².